The number of aliphatic hydroxyl groups excluding tert-OH is 2. The summed E-state index contributed by atoms with van der Waals surface area (Å²) in [6.45, 7) is 7.17. The van der Waals surface area contributed by atoms with E-state index in [0.717, 1.165) is 12.1 Å². The number of nitrogens with zero attached hydrogens (tertiary/aromatic N) is 1. The molecular weight excluding hydrogens is 490 g/mol. The van der Waals surface area contributed by atoms with Crippen LogP contribution in [0.4, 0.5) is 0 Å². The number of hydrogen-bond acceptors (Lipinski definition) is 9. The van der Waals surface area contributed by atoms with Gasteiger partial charge in [-0.05, 0) is 62.9 Å². The molecule has 0 spiro atoms. The van der Waals surface area contributed by atoms with Gasteiger partial charge in [0.2, 0.25) is 5.78 Å². The van der Waals surface area contributed by atoms with Crippen LogP contribution >= 0.6 is 0 Å². The number of nitrogens with one attached hydrogen (secondary N) is 1. The number of nitrogens with two attached hydrogens (primary N) is 1. The van der Waals surface area contributed by atoms with Gasteiger partial charge in [-0.1, -0.05) is 26.8 Å². The van der Waals surface area contributed by atoms with Crippen molar-refractivity contribution in [2.24, 2.45) is 23.5 Å². The lowest BCUT2D eigenvalue weighted by atomic mass is 9.57. The van der Waals surface area contributed by atoms with Crippen molar-refractivity contribution in [2.45, 2.75) is 58.2 Å². The number of hydrogen-bond donors (Lipinski definition) is 6. The lowest BCUT2D eigenvalue weighted by molar-refractivity contribution is -0.153. The number of amides is 1. The van der Waals surface area contributed by atoms with E-state index in [1.165, 1.54) is 4.90 Å². The molecule has 0 aromatic heterocycles. The van der Waals surface area contributed by atoms with E-state index >= 15 is 0 Å². The highest BCUT2D eigenvalue weighted by Gasteiger charge is 2.64. The van der Waals surface area contributed by atoms with E-state index in [-0.39, 0.29) is 23.3 Å². The van der Waals surface area contributed by atoms with Crippen molar-refractivity contribution in [1.29, 1.82) is 0 Å². The predicted octanol–water partition coefficient (Wildman–Crippen LogP) is 1.27. The smallest absolute Gasteiger partial charge is 0.255 e. The maximum absolute atomic E-state index is 13.9. The van der Waals surface area contributed by atoms with Crippen LogP contribution in [-0.4, -0.2) is 75.1 Å². The predicted molar refractivity (Wildman–Crippen MR) is 140 cm³/mol. The molecule has 1 fully saturated rings. The van der Waals surface area contributed by atoms with Crippen molar-refractivity contribution in [1.82, 2.24) is 10.2 Å². The molecule has 38 heavy (non-hydrogen) atoms. The molecule has 0 aliphatic heterocycles. The first-order valence-electron chi connectivity index (χ1n) is 13.0. The van der Waals surface area contributed by atoms with Crippen LogP contribution in [0.2, 0.25) is 0 Å². The first-order valence-corrected chi connectivity index (χ1v) is 13.0. The summed E-state index contributed by atoms with van der Waals surface area (Å²) < 4.78 is 0. The highest BCUT2D eigenvalue weighted by molar-refractivity contribution is 6.24. The average molecular weight is 528 g/mol. The van der Waals surface area contributed by atoms with Gasteiger partial charge in [-0.3, -0.25) is 19.3 Å². The monoisotopic (exact) mass is 527 g/mol. The highest BCUT2D eigenvalue weighted by Crippen LogP contribution is 2.53. The van der Waals surface area contributed by atoms with Crippen LogP contribution in [0.5, 0.6) is 5.75 Å². The van der Waals surface area contributed by atoms with Gasteiger partial charge in [-0.2, -0.15) is 0 Å². The molecule has 206 valence electrons. The van der Waals surface area contributed by atoms with Crippen LogP contribution in [0.3, 0.4) is 0 Å². The third-order valence-electron chi connectivity index (χ3n) is 8.14. The van der Waals surface area contributed by atoms with Gasteiger partial charge >= 0.3 is 0 Å². The fourth-order valence-electron chi connectivity index (χ4n) is 6.40. The summed E-state index contributed by atoms with van der Waals surface area (Å²) in [4.78, 5) is 40.7. The maximum Gasteiger partial charge on any atom is 0.255 e. The van der Waals surface area contributed by atoms with Gasteiger partial charge in [0.05, 0.1) is 11.6 Å². The van der Waals surface area contributed by atoms with Gasteiger partial charge in [0, 0.05) is 23.6 Å². The van der Waals surface area contributed by atoms with Crippen molar-refractivity contribution in [2.75, 3.05) is 20.6 Å². The number of aliphatic hydroxyl groups is 3. The molecule has 0 heterocycles. The van der Waals surface area contributed by atoms with E-state index in [4.69, 9.17) is 5.73 Å². The molecule has 4 rings (SSSR count). The van der Waals surface area contributed by atoms with Crippen molar-refractivity contribution in [3.05, 3.63) is 45.2 Å². The number of Topliss-reactive ketones (excluding diaryl/α,β-unsaturated/α-hetero) is 2. The van der Waals surface area contributed by atoms with Gasteiger partial charge in [-0.25, -0.2) is 0 Å². The first-order chi connectivity index (χ1) is 17.8. The molecule has 0 saturated heterocycles. The first kappa shape index (κ1) is 27.8. The van der Waals surface area contributed by atoms with Crippen LogP contribution in [0, 0.1) is 17.8 Å². The molecule has 1 aromatic carbocycles. The number of aryl methyl sites for hydroxylation is 1. The molecule has 4 unspecified atom stereocenters. The molecule has 0 bridgehead atoms. The third kappa shape index (κ3) is 4.02. The summed E-state index contributed by atoms with van der Waals surface area (Å²) in [5.74, 6) is -5.98. The maximum atomic E-state index is 13.9. The van der Waals surface area contributed by atoms with Crippen LogP contribution in [-0.2, 0) is 33.8 Å². The molecule has 3 aliphatic rings. The number of carbonyl (C=O) groups is 3. The number of phenols is 1. The largest absolute Gasteiger partial charge is 0.508 e. The number of phenolic OH excluding ortho intramolecular Hbond substituents is 1. The Morgan fingerprint density at radius 1 is 1.21 bits per heavy atom. The summed E-state index contributed by atoms with van der Waals surface area (Å²) in [6, 6.07) is 0.808. The summed E-state index contributed by atoms with van der Waals surface area (Å²) in [7, 11) is 3.16. The van der Waals surface area contributed by atoms with Crippen molar-refractivity contribution >= 4 is 23.2 Å². The summed E-state index contributed by atoms with van der Waals surface area (Å²) in [6.07, 6.45) is 0.999. The van der Waals surface area contributed by atoms with Crippen LogP contribution in [0.25, 0.3) is 5.76 Å². The standard InChI is InChI=1S/C28H37N3O7/c1-6-13-7-15(11-30-10-12(2)3)22(32)19-16(13)8-14-9-17-21(31(4)5)24(34)20(27(29)37)26(36)28(17,38)25(35)18(14)23(19)33/h7,12,14,17,21,30,32-33,36,38H,6,8-11H2,1-5H3,(H2,29,37). The Balaban J connectivity index is 1.91. The van der Waals surface area contributed by atoms with Gasteiger partial charge in [0.25, 0.3) is 5.91 Å². The zero-order valence-corrected chi connectivity index (χ0v) is 22.5. The number of primary amides is 1. The van der Waals surface area contributed by atoms with Crippen molar-refractivity contribution in [3.63, 3.8) is 0 Å². The third-order valence-corrected chi connectivity index (χ3v) is 8.14. The minimum Gasteiger partial charge on any atom is -0.508 e. The summed E-state index contributed by atoms with van der Waals surface area (Å²) in [5.41, 5.74) is 4.12. The minimum atomic E-state index is -2.63. The number of fused-ring (bicyclic) bond motifs is 3. The van der Waals surface area contributed by atoms with Crippen molar-refractivity contribution in [3.8, 4) is 5.75 Å². The second-order valence-corrected chi connectivity index (χ2v) is 11.2. The number of ketones is 2. The molecule has 3 aliphatic carbocycles. The van der Waals surface area contributed by atoms with Crippen LogP contribution in [0.1, 0.15) is 49.4 Å². The normalized spacial score (nSPS) is 27.1. The topological polar surface area (TPSA) is 173 Å². The molecule has 0 radical (unpaired) electrons. The Bertz CT molecular complexity index is 1280. The lowest BCUT2D eigenvalue weighted by Crippen LogP contribution is -2.65. The molecule has 1 aromatic rings. The van der Waals surface area contributed by atoms with Gasteiger partial charge in [0.15, 0.2) is 11.4 Å². The quantitative estimate of drug-likeness (QED) is 0.285. The molecule has 7 N–H and O–H groups in total. The Kier molecular flexibility index (Phi) is 7.20. The van der Waals surface area contributed by atoms with Crippen LogP contribution < -0.4 is 11.1 Å². The molecule has 1 saturated carbocycles. The number of rotatable bonds is 7. The zero-order valence-electron chi connectivity index (χ0n) is 22.5. The lowest BCUT2D eigenvalue weighted by Gasteiger charge is -2.50. The summed E-state index contributed by atoms with van der Waals surface area (Å²) >= 11 is 0. The number of carbonyl (C=O) groups excluding carboxylic acids is 3. The molecule has 4 atom stereocenters. The zero-order chi connectivity index (χ0) is 28.3. The Morgan fingerprint density at radius 2 is 1.87 bits per heavy atom. The van der Waals surface area contributed by atoms with Crippen molar-refractivity contribution < 1.29 is 34.8 Å². The Labute approximate surface area is 221 Å². The Morgan fingerprint density at radius 3 is 2.42 bits per heavy atom. The fourth-order valence-corrected chi connectivity index (χ4v) is 6.40. The number of aromatic hydroxyl groups is 1. The minimum absolute atomic E-state index is 0.0768. The van der Waals surface area contributed by atoms with E-state index in [1.807, 2.05) is 13.0 Å². The van der Waals surface area contributed by atoms with E-state index in [2.05, 4.69) is 19.2 Å². The number of benzene rings is 1. The van der Waals surface area contributed by atoms with E-state index in [1.54, 1.807) is 14.1 Å². The number of likely N-dealkylation sites (N-methyl/N-ethyl adjacent to an activating group) is 1. The van der Waals surface area contributed by atoms with E-state index < -0.39 is 58.0 Å². The molecule has 1 amide bonds. The molecule has 10 heteroatoms. The SMILES string of the molecule is CCc1cc(CNCC(C)C)c(O)c2c1CC1CC3C(N(C)C)C(=O)C(C(N)=O)=C(O)C3(O)C(=O)C1=C2O. The second kappa shape index (κ2) is 9.83. The van der Waals surface area contributed by atoms with Crippen LogP contribution in [0.15, 0.2) is 23.0 Å². The fraction of sp³-hybridized carbons (Fsp3) is 0.536. The van der Waals surface area contributed by atoms with Gasteiger partial charge in [-0.15, -0.1) is 0 Å². The molecule has 10 nitrogen and oxygen atoms in total. The van der Waals surface area contributed by atoms with Gasteiger partial charge in [0.1, 0.15) is 22.8 Å². The van der Waals surface area contributed by atoms with E-state index in [0.29, 0.717) is 36.4 Å². The highest BCUT2D eigenvalue weighted by atomic mass is 16.3. The average Bonchev–Trinajstić information content (AvgIpc) is 2.82. The summed E-state index contributed by atoms with van der Waals surface area (Å²) in [5, 5.41) is 48.6. The van der Waals surface area contributed by atoms with E-state index in [9.17, 15) is 34.8 Å². The molecular formula is C28H37N3O7. The second-order valence-electron chi connectivity index (χ2n) is 11.2. The van der Waals surface area contributed by atoms with Gasteiger partial charge < -0.3 is 31.5 Å². The Hall–Kier alpha value is -3.21.